The Morgan fingerprint density at radius 1 is 1.19 bits per heavy atom. The summed E-state index contributed by atoms with van der Waals surface area (Å²) in [5, 5.41) is 1.03. The molecule has 0 saturated heterocycles. The van der Waals surface area contributed by atoms with E-state index in [0.717, 1.165) is 12.4 Å². The fourth-order valence-corrected chi connectivity index (χ4v) is 1.42. The summed E-state index contributed by atoms with van der Waals surface area (Å²) in [4.78, 5) is 10.9. The molecule has 1 aromatic carbocycles. The minimum absolute atomic E-state index is 0.435. The monoisotopic (exact) mass is 228 g/mol. The van der Waals surface area contributed by atoms with Gasteiger partial charge in [-0.25, -0.2) is 0 Å². The number of benzene rings is 1. The molecule has 0 aliphatic heterocycles. The summed E-state index contributed by atoms with van der Waals surface area (Å²) in [7, 11) is 0. The lowest BCUT2D eigenvalue weighted by Crippen LogP contribution is -2.27. The van der Waals surface area contributed by atoms with Crippen LogP contribution in [0, 0.1) is 0 Å². The molecule has 0 saturated carbocycles. The average Bonchev–Trinajstić information content (AvgIpc) is 2.57. The van der Waals surface area contributed by atoms with Crippen molar-refractivity contribution in [3.8, 4) is 0 Å². The summed E-state index contributed by atoms with van der Waals surface area (Å²) in [6.07, 6.45) is -2.63. The van der Waals surface area contributed by atoms with E-state index in [1.165, 1.54) is 6.07 Å². The van der Waals surface area contributed by atoms with Crippen molar-refractivity contribution in [3.63, 3.8) is 0 Å². The van der Waals surface area contributed by atoms with E-state index in [2.05, 4.69) is 0 Å². The summed E-state index contributed by atoms with van der Waals surface area (Å²) < 4.78 is 37.0. The highest BCUT2D eigenvalue weighted by molar-refractivity contribution is 5.92. The van der Waals surface area contributed by atoms with Gasteiger partial charge in [-0.1, -0.05) is 6.07 Å². The second-order valence-electron chi connectivity index (χ2n) is 3.36. The van der Waals surface area contributed by atoms with Crippen molar-refractivity contribution in [1.29, 1.82) is 0 Å². The molecule has 16 heavy (non-hydrogen) atoms. The Hall–Kier alpha value is -1.98. The molecule has 0 fully saturated rings. The lowest BCUT2D eigenvalue weighted by molar-refractivity contribution is -0.0945. The van der Waals surface area contributed by atoms with Crippen LogP contribution in [0.25, 0.3) is 10.8 Å². The maximum Gasteiger partial charge on any atom is 0.472 e. The molecule has 84 valence electrons. The molecule has 3 nitrogen and oxygen atoms in total. The zero-order valence-electron chi connectivity index (χ0n) is 7.95. The predicted molar refractivity (Wildman–Crippen MR) is 53.0 cm³/mol. The second-order valence-corrected chi connectivity index (χ2v) is 3.36. The Morgan fingerprint density at radius 2 is 1.81 bits per heavy atom. The lowest BCUT2D eigenvalue weighted by Gasteiger charge is -2.04. The first-order valence-corrected chi connectivity index (χ1v) is 4.37. The highest BCUT2D eigenvalue weighted by Crippen LogP contribution is 2.22. The molecule has 2 rings (SSSR count). The number of carbonyl (C=O) groups is 1. The number of rotatable bonds is 0. The van der Waals surface area contributed by atoms with E-state index in [0.29, 0.717) is 21.0 Å². The first kappa shape index (κ1) is 10.5. The molecule has 0 radical (unpaired) electrons. The number of nitrogens with two attached hydrogens (primary N) is 1. The molecule has 0 unspecified atom stereocenters. The van der Waals surface area contributed by atoms with Crippen molar-refractivity contribution in [1.82, 2.24) is 4.57 Å². The van der Waals surface area contributed by atoms with E-state index in [-0.39, 0.29) is 0 Å². The van der Waals surface area contributed by atoms with Crippen molar-refractivity contribution in [3.05, 3.63) is 30.6 Å². The van der Waals surface area contributed by atoms with Crippen LogP contribution in [0.5, 0.6) is 0 Å². The van der Waals surface area contributed by atoms with Gasteiger partial charge in [0.2, 0.25) is 0 Å². The summed E-state index contributed by atoms with van der Waals surface area (Å²) >= 11 is 0. The van der Waals surface area contributed by atoms with E-state index >= 15 is 0 Å². The highest BCUT2D eigenvalue weighted by atomic mass is 19.4. The van der Waals surface area contributed by atoms with Gasteiger partial charge >= 0.3 is 12.1 Å². The van der Waals surface area contributed by atoms with E-state index in [1.54, 1.807) is 12.1 Å². The molecule has 0 spiro atoms. The molecule has 1 heterocycles. The number of anilines is 1. The van der Waals surface area contributed by atoms with Crippen molar-refractivity contribution >= 4 is 22.4 Å². The van der Waals surface area contributed by atoms with Crippen LogP contribution in [-0.2, 0) is 0 Å². The second kappa shape index (κ2) is 3.26. The van der Waals surface area contributed by atoms with Crippen LogP contribution in [0.2, 0.25) is 0 Å². The van der Waals surface area contributed by atoms with Crippen LogP contribution in [0.3, 0.4) is 0 Å². The molecule has 0 amide bonds. The Bertz CT molecular complexity index is 557. The number of nitrogen functional groups attached to an aromatic ring is 1. The molecule has 0 aliphatic rings. The third-order valence-electron chi connectivity index (χ3n) is 2.14. The van der Waals surface area contributed by atoms with Crippen LogP contribution in [0.1, 0.15) is 4.79 Å². The molecule has 2 aromatic rings. The van der Waals surface area contributed by atoms with Gasteiger partial charge in [0.25, 0.3) is 0 Å². The quantitative estimate of drug-likeness (QED) is 0.704. The maximum atomic E-state index is 12.1. The molecular formula is C10H7F3N2O. The first-order chi connectivity index (χ1) is 7.38. The van der Waals surface area contributed by atoms with E-state index < -0.39 is 12.1 Å². The van der Waals surface area contributed by atoms with Crippen LogP contribution >= 0.6 is 0 Å². The summed E-state index contributed by atoms with van der Waals surface area (Å²) in [5.74, 6) is -1.91. The number of halogens is 3. The zero-order valence-corrected chi connectivity index (χ0v) is 7.95. The number of hydrogen-bond acceptors (Lipinski definition) is 2. The number of nitrogens with zero attached hydrogens (tertiary/aromatic N) is 1. The SMILES string of the molecule is Nc1ccc2cn(C(=O)C(F)(F)F)cc2c1. The smallest absolute Gasteiger partial charge is 0.399 e. The lowest BCUT2D eigenvalue weighted by atomic mass is 10.2. The number of hydrogen-bond donors (Lipinski definition) is 1. The van der Waals surface area contributed by atoms with E-state index in [1.807, 2.05) is 0 Å². The van der Waals surface area contributed by atoms with Gasteiger partial charge in [-0.15, -0.1) is 0 Å². The predicted octanol–water partition coefficient (Wildman–Crippen LogP) is 2.43. The summed E-state index contributed by atoms with van der Waals surface area (Å²) in [5.41, 5.74) is 5.91. The molecule has 0 bridgehead atoms. The van der Waals surface area contributed by atoms with Gasteiger partial charge in [0.05, 0.1) is 0 Å². The largest absolute Gasteiger partial charge is 0.472 e. The maximum absolute atomic E-state index is 12.1. The van der Waals surface area contributed by atoms with Crippen molar-refractivity contribution in [2.75, 3.05) is 5.73 Å². The highest BCUT2D eigenvalue weighted by Gasteiger charge is 2.39. The van der Waals surface area contributed by atoms with Crippen LogP contribution in [-0.4, -0.2) is 16.7 Å². The Kier molecular flexibility index (Phi) is 2.15. The fourth-order valence-electron chi connectivity index (χ4n) is 1.42. The van der Waals surface area contributed by atoms with Crippen molar-refractivity contribution in [2.24, 2.45) is 0 Å². The third kappa shape index (κ3) is 1.73. The van der Waals surface area contributed by atoms with Gasteiger partial charge in [-0.2, -0.15) is 13.2 Å². The number of fused-ring (bicyclic) bond motifs is 1. The standard InChI is InChI=1S/C10H7F3N2O/c11-10(12,13)9(16)15-4-6-1-2-8(14)3-7(6)5-15/h1-5H,14H2. The van der Waals surface area contributed by atoms with Gasteiger partial charge in [0.1, 0.15) is 0 Å². The number of carbonyl (C=O) groups excluding carboxylic acids is 1. The van der Waals surface area contributed by atoms with Crippen LogP contribution in [0.4, 0.5) is 18.9 Å². The molecule has 6 heteroatoms. The Labute approximate surface area is 88.3 Å². The minimum atomic E-state index is -4.87. The average molecular weight is 228 g/mol. The Balaban J connectivity index is 2.52. The van der Waals surface area contributed by atoms with Crippen LogP contribution in [0.15, 0.2) is 30.6 Å². The molecule has 2 N–H and O–H groups in total. The minimum Gasteiger partial charge on any atom is -0.399 e. The van der Waals surface area contributed by atoms with Crippen LogP contribution < -0.4 is 5.73 Å². The topological polar surface area (TPSA) is 48.0 Å². The molecular weight excluding hydrogens is 221 g/mol. The van der Waals surface area contributed by atoms with Gasteiger partial charge in [0.15, 0.2) is 0 Å². The molecule has 1 aromatic heterocycles. The number of aromatic nitrogens is 1. The van der Waals surface area contributed by atoms with Gasteiger partial charge in [-0.3, -0.25) is 9.36 Å². The molecule has 0 atom stereocenters. The van der Waals surface area contributed by atoms with Crippen molar-refractivity contribution < 1.29 is 18.0 Å². The zero-order chi connectivity index (χ0) is 11.9. The third-order valence-corrected chi connectivity index (χ3v) is 2.14. The van der Waals surface area contributed by atoms with E-state index in [4.69, 9.17) is 5.73 Å². The van der Waals surface area contributed by atoms with Gasteiger partial charge < -0.3 is 5.73 Å². The summed E-state index contributed by atoms with van der Waals surface area (Å²) in [6, 6.07) is 4.63. The molecule has 0 aliphatic carbocycles. The fraction of sp³-hybridized carbons (Fsp3) is 0.100. The van der Waals surface area contributed by atoms with Crippen molar-refractivity contribution in [2.45, 2.75) is 6.18 Å². The normalized spacial score (nSPS) is 11.9. The Morgan fingerprint density at radius 3 is 2.44 bits per heavy atom. The first-order valence-electron chi connectivity index (χ1n) is 4.37. The number of alkyl halides is 3. The van der Waals surface area contributed by atoms with E-state index in [9.17, 15) is 18.0 Å². The summed E-state index contributed by atoms with van der Waals surface area (Å²) in [6.45, 7) is 0. The van der Waals surface area contributed by atoms with Gasteiger partial charge in [0, 0.05) is 23.5 Å². The van der Waals surface area contributed by atoms with Gasteiger partial charge in [-0.05, 0) is 17.5 Å².